The summed E-state index contributed by atoms with van der Waals surface area (Å²) in [6.07, 6.45) is -2.17. The van der Waals surface area contributed by atoms with Gasteiger partial charge in [-0.05, 0) is 11.6 Å². The molecular formula is C10H7F2NO7. The molecule has 0 spiro atoms. The van der Waals surface area contributed by atoms with Crippen LogP contribution in [0.1, 0.15) is 22.0 Å². The maximum atomic E-state index is 12.2. The Morgan fingerprint density at radius 2 is 2.05 bits per heavy atom. The molecule has 0 saturated carbocycles. The van der Waals surface area contributed by atoms with E-state index < -0.39 is 46.2 Å². The average Bonchev–Trinajstić information content (AvgIpc) is 2.36. The van der Waals surface area contributed by atoms with E-state index in [-0.39, 0.29) is 6.29 Å². The SMILES string of the molecule is O=Cc1cc(C(O)C(=O)O)cc([N+](=O)[O-])c1OC(F)F. The molecule has 0 aromatic heterocycles. The van der Waals surface area contributed by atoms with E-state index in [1.54, 1.807) is 0 Å². The first-order chi connectivity index (χ1) is 9.27. The van der Waals surface area contributed by atoms with Crippen molar-refractivity contribution in [3.05, 3.63) is 33.4 Å². The largest absolute Gasteiger partial charge is 0.479 e. The van der Waals surface area contributed by atoms with Crippen molar-refractivity contribution in [2.45, 2.75) is 12.7 Å². The smallest absolute Gasteiger partial charge is 0.387 e. The lowest BCUT2D eigenvalue weighted by atomic mass is 10.0. The van der Waals surface area contributed by atoms with Gasteiger partial charge in [0.05, 0.1) is 10.5 Å². The Kier molecular flexibility index (Phi) is 4.64. The van der Waals surface area contributed by atoms with Crippen LogP contribution in [0.15, 0.2) is 12.1 Å². The van der Waals surface area contributed by atoms with Gasteiger partial charge in [-0.3, -0.25) is 14.9 Å². The maximum absolute atomic E-state index is 12.2. The molecule has 10 heteroatoms. The molecule has 1 unspecified atom stereocenters. The van der Waals surface area contributed by atoms with Gasteiger partial charge in [-0.1, -0.05) is 0 Å². The molecule has 1 aromatic rings. The first-order valence-corrected chi connectivity index (χ1v) is 4.91. The second kappa shape index (κ2) is 6.02. The lowest BCUT2D eigenvalue weighted by Gasteiger charge is -2.11. The Morgan fingerprint density at radius 1 is 1.45 bits per heavy atom. The van der Waals surface area contributed by atoms with Gasteiger partial charge in [-0.15, -0.1) is 0 Å². The molecule has 2 N–H and O–H groups in total. The molecule has 20 heavy (non-hydrogen) atoms. The van der Waals surface area contributed by atoms with Crippen LogP contribution in [-0.2, 0) is 4.79 Å². The quantitative estimate of drug-likeness (QED) is 0.456. The highest BCUT2D eigenvalue weighted by Crippen LogP contribution is 2.34. The minimum atomic E-state index is -3.41. The van der Waals surface area contributed by atoms with Crippen LogP contribution in [0.25, 0.3) is 0 Å². The number of nitro benzene ring substituents is 1. The number of alkyl halides is 2. The topological polar surface area (TPSA) is 127 Å². The van der Waals surface area contributed by atoms with Crippen molar-refractivity contribution >= 4 is 17.9 Å². The number of ether oxygens (including phenoxy) is 1. The third-order valence-corrected chi connectivity index (χ3v) is 2.20. The van der Waals surface area contributed by atoms with Gasteiger partial charge < -0.3 is 14.9 Å². The maximum Gasteiger partial charge on any atom is 0.387 e. The van der Waals surface area contributed by atoms with Crippen LogP contribution in [-0.4, -0.2) is 34.0 Å². The van der Waals surface area contributed by atoms with Crippen LogP contribution in [0.2, 0.25) is 0 Å². The minimum Gasteiger partial charge on any atom is -0.479 e. The number of rotatable bonds is 6. The van der Waals surface area contributed by atoms with Crippen LogP contribution in [0.4, 0.5) is 14.5 Å². The number of carboxylic acid groups (broad SMARTS) is 1. The fourth-order valence-corrected chi connectivity index (χ4v) is 1.40. The number of hydrogen-bond donors (Lipinski definition) is 2. The average molecular weight is 291 g/mol. The highest BCUT2D eigenvalue weighted by molar-refractivity contribution is 5.84. The summed E-state index contributed by atoms with van der Waals surface area (Å²) in [5.41, 5.74) is -2.23. The Morgan fingerprint density at radius 3 is 2.45 bits per heavy atom. The molecule has 1 aromatic carbocycles. The second-order valence-corrected chi connectivity index (χ2v) is 3.45. The van der Waals surface area contributed by atoms with E-state index in [1.165, 1.54) is 0 Å². The molecule has 0 heterocycles. The number of aliphatic hydroxyl groups is 1. The molecule has 1 atom stereocenters. The number of aldehydes is 1. The van der Waals surface area contributed by atoms with E-state index in [1.807, 2.05) is 0 Å². The van der Waals surface area contributed by atoms with E-state index in [4.69, 9.17) is 5.11 Å². The molecule has 0 bridgehead atoms. The number of benzene rings is 1. The number of aliphatic hydroxyl groups excluding tert-OH is 1. The van der Waals surface area contributed by atoms with Crippen molar-refractivity contribution in [3.8, 4) is 5.75 Å². The molecule has 108 valence electrons. The van der Waals surface area contributed by atoms with Crippen molar-refractivity contribution in [1.82, 2.24) is 0 Å². The monoisotopic (exact) mass is 291 g/mol. The van der Waals surface area contributed by atoms with Crippen LogP contribution >= 0.6 is 0 Å². The van der Waals surface area contributed by atoms with Crippen LogP contribution in [0.3, 0.4) is 0 Å². The minimum absolute atomic E-state index is 0.0250. The third-order valence-electron chi connectivity index (χ3n) is 2.20. The summed E-state index contributed by atoms with van der Waals surface area (Å²) >= 11 is 0. The Balaban J connectivity index is 3.49. The normalized spacial score (nSPS) is 12.0. The Hall–Kier alpha value is -2.62. The second-order valence-electron chi connectivity index (χ2n) is 3.45. The van der Waals surface area contributed by atoms with Gasteiger partial charge in [0.15, 0.2) is 12.4 Å². The number of hydrogen-bond acceptors (Lipinski definition) is 6. The standard InChI is InChI=1S/C10H7F2NO7/c11-10(12)20-8-5(3-14)1-4(7(15)9(16)17)2-6(8)13(18)19/h1-3,7,10,15H,(H,16,17). The summed E-state index contributed by atoms with van der Waals surface area (Å²) in [4.78, 5) is 31.0. The van der Waals surface area contributed by atoms with Gasteiger partial charge in [0.1, 0.15) is 0 Å². The Bertz CT molecular complexity index is 561. The summed E-state index contributed by atoms with van der Waals surface area (Å²) in [5.74, 6) is -2.72. The predicted octanol–water partition coefficient (Wildman–Crippen LogP) is 1.13. The first kappa shape index (κ1) is 15.4. The molecule has 0 aliphatic rings. The Labute approximate surface area is 109 Å². The molecular weight excluding hydrogens is 284 g/mol. The number of aliphatic carboxylic acids is 1. The first-order valence-electron chi connectivity index (χ1n) is 4.91. The molecule has 8 nitrogen and oxygen atoms in total. The van der Waals surface area contributed by atoms with Gasteiger partial charge in [0, 0.05) is 6.07 Å². The van der Waals surface area contributed by atoms with Crippen LogP contribution < -0.4 is 4.74 Å². The van der Waals surface area contributed by atoms with E-state index in [0.29, 0.717) is 6.07 Å². The van der Waals surface area contributed by atoms with Crippen LogP contribution in [0.5, 0.6) is 5.75 Å². The number of carbonyl (C=O) groups is 2. The molecule has 0 amide bonds. The van der Waals surface area contributed by atoms with E-state index >= 15 is 0 Å². The lowest BCUT2D eigenvalue weighted by Crippen LogP contribution is -2.13. The van der Waals surface area contributed by atoms with Gasteiger partial charge in [0.2, 0.25) is 5.75 Å². The number of carboxylic acids is 1. The van der Waals surface area contributed by atoms with Crippen molar-refractivity contribution < 1.29 is 38.2 Å². The van der Waals surface area contributed by atoms with E-state index in [0.717, 1.165) is 6.07 Å². The molecule has 0 fully saturated rings. The number of carbonyl (C=O) groups excluding carboxylic acids is 1. The summed E-state index contributed by atoms with van der Waals surface area (Å²) in [6.45, 7) is -3.41. The lowest BCUT2D eigenvalue weighted by molar-refractivity contribution is -0.386. The highest BCUT2D eigenvalue weighted by atomic mass is 19.3. The van der Waals surface area contributed by atoms with Gasteiger partial charge in [-0.25, -0.2) is 4.79 Å². The predicted molar refractivity (Wildman–Crippen MR) is 57.7 cm³/mol. The number of nitro groups is 1. The molecule has 0 aliphatic heterocycles. The van der Waals surface area contributed by atoms with E-state index in [2.05, 4.69) is 4.74 Å². The van der Waals surface area contributed by atoms with Gasteiger partial charge in [-0.2, -0.15) is 8.78 Å². The molecule has 0 radical (unpaired) electrons. The van der Waals surface area contributed by atoms with Gasteiger partial charge >= 0.3 is 18.3 Å². The zero-order chi connectivity index (χ0) is 15.4. The van der Waals surface area contributed by atoms with Crippen LogP contribution in [0, 0.1) is 10.1 Å². The van der Waals surface area contributed by atoms with Crippen molar-refractivity contribution in [3.63, 3.8) is 0 Å². The summed E-state index contributed by atoms with van der Waals surface area (Å²) < 4.78 is 28.2. The third kappa shape index (κ3) is 3.23. The summed E-state index contributed by atoms with van der Waals surface area (Å²) in [7, 11) is 0. The summed E-state index contributed by atoms with van der Waals surface area (Å²) in [6, 6.07) is 1.26. The zero-order valence-corrected chi connectivity index (χ0v) is 9.53. The fraction of sp³-hybridized carbons (Fsp3) is 0.200. The highest BCUT2D eigenvalue weighted by Gasteiger charge is 2.27. The molecule has 1 rings (SSSR count). The van der Waals surface area contributed by atoms with Crippen molar-refractivity contribution in [2.75, 3.05) is 0 Å². The van der Waals surface area contributed by atoms with Crippen molar-refractivity contribution in [1.29, 1.82) is 0 Å². The number of halogens is 2. The van der Waals surface area contributed by atoms with Gasteiger partial charge in [0.25, 0.3) is 0 Å². The zero-order valence-electron chi connectivity index (χ0n) is 9.53. The van der Waals surface area contributed by atoms with E-state index in [9.17, 15) is 33.6 Å². The molecule has 0 saturated heterocycles. The summed E-state index contributed by atoms with van der Waals surface area (Å²) in [5, 5.41) is 28.6. The number of nitrogens with zero attached hydrogens (tertiary/aromatic N) is 1. The fourth-order valence-electron chi connectivity index (χ4n) is 1.40. The molecule has 0 aliphatic carbocycles. The van der Waals surface area contributed by atoms with Crippen molar-refractivity contribution in [2.24, 2.45) is 0 Å².